The van der Waals surface area contributed by atoms with E-state index in [9.17, 15) is 9.59 Å². The van der Waals surface area contributed by atoms with E-state index in [0.29, 0.717) is 23.1 Å². The number of amides is 1. The van der Waals surface area contributed by atoms with E-state index in [4.69, 9.17) is 0 Å². The van der Waals surface area contributed by atoms with Gasteiger partial charge in [0, 0.05) is 12.8 Å². The Labute approximate surface area is 117 Å². The molecule has 3 rings (SSSR count). The van der Waals surface area contributed by atoms with E-state index in [1.54, 1.807) is 18.2 Å². The maximum Gasteiger partial charge on any atom is 0.269 e. The lowest BCUT2D eigenvalue weighted by molar-refractivity contribution is -0.116. The van der Waals surface area contributed by atoms with Crippen LogP contribution in [0, 0.1) is 0 Å². The minimum atomic E-state index is -0.285. The first-order chi connectivity index (χ1) is 10.2. The minimum absolute atomic E-state index is 0.111. The largest absolute Gasteiger partial charge is 0.310 e. The van der Waals surface area contributed by atoms with Crippen molar-refractivity contribution < 1.29 is 4.79 Å². The molecule has 0 aliphatic carbocycles. The fourth-order valence-corrected chi connectivity index (χ4v) is 1.89. The van der Waals surface area contributed by atoms with Crippen LogP contribution in [0.4, 0.5) is 5.95 Å². The molecule has 3 N–H and O–H groups in total. The summed E-state index contributed by atoms with van der Waals surface area (Å²) >= 11 is 0. The lowest BCUT2D eigenvalue weighted by Crippen LogP contribution is -2.16. The second-order valence-electron chi connectivity index (χ2n) is 4.31. The summed E-state index contributed by atoms with van der Waals surface area (Å²) < 4.78 is 0. The van der Waals surface area contributed by atoms with Crippen molar-refractivity contribution in [2.45, 2.75) is 12.8 Å². The standard InChI is InChI=1S/C12H11N7O2/c20-10(15-12-16-18-19-17-12)6-5-9-13-8-4-2-1-3-7(8)11(21)14-9/h1-4H,5-6H2,(H,13,14,21)(H2,15,16,17,18,19,20). The van der Waals surface area contributed by atoms with Gasteiger partial charge in [0.1, 0.15) is 5.82 Å². The SMILES string of the molecule is O=C(CCc1nc2ccccc2c(=O)[nH]1)Nc1nn[nH]n1. The third-order valence-corrected chi connectivity index (χ3v) is 2.85. The number of carbonyl (C=O) groups is 1. The number of para-hydroxylation sites is 1. The van der Waals surface area contributed by atoms with Gasteiger partial charge in [0.2, 0.25) is 5.91 Å². The van der Waals surface area contributed by atoms with Crippen molar-refractivity contribution in [1.82, 2.24) is 30.6 Å². The molecule has 0 saturated carbocycles. The van der Waals surface area contributed by atoms with Gasteiger partial charge in [-0.2, -0.15) is 5.21 Å². The molecule has 0 radical (unpaired) electrons. The summed E-state index contributed by atoms with van der Waals surface area (Å²) in [5.74, 6) is 0.286. The van der Waals surface area contributed by atoms with Crippen LogP contribution in [0.15, 0.2) is 29.1 Å². The predicted octanol–water partition coefficient (Wildman–Crippen LogP) is 0.00750. The van der Waals surface area contributed by atoms with E-state index >= 15 is 0 Å². The Morgan fingerprint density at radius 2 is 2.14 bits per heavy atom. The average molecular weight is 285 g/mol. The second-order valence-corrected chi connectivity index (χ2v) is 4.31. The quantitative estimate of drug-likeness (QED) is 0.619. The third-order valence-electron chi connectivity index (χ3n) is 2.85. The van der Waals surface area contributed by atoms with Gasteiger partial charge in [-0.15, -0.1) is 5.10 Å². The summed E-state index contributed by atoms with van der Waals surface area (Å²) in [6, 6.07) is 7.04. The van der Waals surface area contributed by atoms with Gasteiger partial charge >= 0.3 is 0 Å². The molecule has 0 saturated heterocycles. The summed E-state index contributed by atoms with van der Waals surface area (Å²) in [7, 11) is 0. The zero-order valence-electron chi connectivity index (χ0n) is 10.8. The number of nitrogens with zero attached hydrogens (tertiary/aromatic N) is 4. The van der Waals surface area contributed by atoms with E-state index < -0.39 is 0 Å². The van der Waals surface area contributed by atoms with Crippen LogP contribution in [-0.4, -0.2) is 36.5 Å². The zero-order valence-corrected chi connectivity index (χ0v) is 10.8. The van der Waals surface area contributed by atoms with Crippen LogP contribution in [0.2, 0.25) is 0 Å². The van der Waals surface area contributed by atoms with Crippen LogP contribution in [0.25, 0.3) is 10.9 Å². The molecule has 0 spiro atoms. The van der Waals surface area contributed by atoms with Crippen LogP contribution in [0.1, 0.15) is 12.2 Å². The number of tetrazole rings is 1. The van der Waals surface area contributed by atoms with E-state index in [0.717, 1.165) is 0 Å². The lowest BCUT2D eigenvalue weighted by atomic mass is 10.2. The zero-order chi connectivity index (χ0) is 14.7. The molecule has 0 aliphatic heterocycles. The second kappa shape index (κ2) is 5.49. The molecular formula is C12H11N7O2. The Morgan fingerprint density at radius 1 is 1.29 bits per heavy atom. The molecule has 3 aromatic rings. The van der Waals surface area contributed by atoms with E-state index in [-0.39, 0.29) is 23.8 Å². The lowest BCUT2D eigenvalue weighted by Gasteiger charge is -2.03. The fraction of sp³-hybridized carbons (Fsp3) is 0.167. The molecule has 1 aromatic carbocycles. The van der Waals surface area contributed by atoms with Crippen molar-refractivity contribution >= 4 is 22.8 Å². The Kier molecular flexibility index (Phi) is 3.37. The van der Waals surface area contributed by atoms with E-state index in [1.807, 2.05) is 6.07 Å². The van der Waals surface area contributed by atoms with Crippen molar-refractivity contribution in [3.63, 3.8) is 0 Å². The smallest absolute Gasteiger partial charge is 0.269 e. The number of H-pyrrole nitrogens is 2. The third kappa shape index (κ3) is 2.91. The highest BCUT2D eigenvalue weighted by Gasteiger charge is 2.08. The number of benzene rings is 1. The number of hydrogen-bond donors (Lipinski definition) is 3. The first kappa shape index (κ1) is 12.9. The fourth-order valence-electron chi connectivity index (χ4n) is 1.89. The van der Waals surface area contributed by atoms with Gasteiger partial charge in [0.15, 0.2) is 0 Å². The summed E-state index contributed by atoms with van der Waals surface area (Å²) in [5, 5.41) is 15.8. The Bertz CT molecular complexity index is 825. The number of aromatic amines is 2. The highest BCUT2D eigenvalue weighted by molar-refractivity contribution is 5.88. The summed E-state index contributed by atoms with van der Waals surface area (Å²) in [5.41, 5.74) is 0.393. The molecule has 1 amide bonds. The van der Waals surface area contributed by atoms with Crippen molar-refractivity contribution in [2.75, 3.05) is 5.32 Å². The monoisotopic (exact) mass is 285 g/mol. The number of anilines is 1. The molecule has 0 atom stereocenters. The highest BCUT2D eigenvalue weighted by atomic mass is 16.1. The molecule has 9 heteroatoms. The first-order valence-electron chi connectivity index (χ1n) is 6.23. The molecule has 0 fully saturated rings. The van der Waals surface area contributed by atoms with Gasteiger partial charge in [-0.25, -0.2) is 4.98 Å². The number of aryl methyl sites for hydroxylation is 1. The van der Waals surface area contributed by atoms with Crippen molar-refractivity contribution in [2.24, 2.45) is 0 Å². The normalized spacial score (nSPS) is 10.7. The molecule has 21 heavy (non-hydrogen) atoms. The van der Waals surface area contributed by atoms with Crippen molar-refractivity contribution in [3.8, 4) is 0 Å². The van der Waals surface area contributed by atoms with Gasteiger partial charge in [-0.05, 0) is 17.3 Å². The molecule has 2 heterocycles. The van der Waals surface area contributed by atoms with Crippen LogP contribution in [0.5, 0.6) is 0 Å². The van der Waals surface area contributed by atoms with Gasteiger partial charge in [-0.1, -0.05) is 17.2 Å². The van der Waals surface area contributed by atoms with Crippen molar-refractivity contribution in [3.05, 3.63) is 40.4 Å². The van der Waals surface area contributed by atoms with Gasteiger partial charge < -0.3 is 4.98 Å². The number of nitrogens with one attached hydrogen (secondary N) is 3. The van der Waals surface area contributed by atoms with Gasteiger partial charge in [0.25, 0.3) is 11.5 Å². The number of hydrogen-bond acceptors (Lipinski definition) is 6. The number of fused-ring (bicyclic) bond motifs is 1. The molecule has 106 valence electrons. The van der Waals surface area contributed by atoms with Gasteiger partial charge in [0.05, 0.1) is 10.9 Å². The molecule has 0 unspecified atom stereocenters. The van der Waals surface area contributed by atoms with E-state index in [2.05, 4.69) is 35.9 Å². The maximum atomic E-state index is 11.9. The van der Waals surface area contributed by atoms with Crippen LogP contribution in [0.3, 0.4) is 0 Å². The molecular weight excluding hydrogens is 274 g/mol. The number of carbonyl (C=O) groups excluding carboxylic acids is 1. The summed E-state index contributed by atoms with van der Waals surface area (Å²) in [6.07, 6.45) is 0.458. The Morgan fingerprint density at radius 3 is 2.95 bits per heavy atom. The first-order valence-corrected chi connectivity index (χ1v) is 6.23. The highest BCUT2D eigenvalue weighted by Crippen LogP contribution is 2.06. The summed E-state index contributed by atoms with van der Waals surface area (Å²) in [6.45, 7) is 0. The van der Waals surface area contributed by atoms with Crippen LogP contribution >= 0.6 is 0 Å². The van der Waals surface area contributed by atoms with E-state index in [1.165, 1.54) is 0 Å². The molecule has 0 aliphatic rings. The topological polar surface area (TPSA) is 129 Å². The molecule has 0 bridgehead atoms. The Balaban J connectivity index is 1.70. The summed E-state index contributed by atoms with van der Waals surface area (Å²) in [4.78, 5) is 30.5. The molecule has 9 nitrogen and oxygen atoms in total. The predicted molar refractivity (Wildman–Crippen MR) is 73.5 cm³/mol. The van der Waals surface area contributed by atoms with Crippen LogP contribution < -0.4 is 10.9 Å². The molecule has 2 aromatic heterocycles. The maximum absolute atomic E-state index is 11.9. The average Bonchev–Trinajstić information content (AvgIpc) is 2.98. The number of rotatable bonds is 4. The minimum Gasteiger partial charge on any atom is -0.310 e. The van der Waals surface area contributed by atoms with Crippen LogP contribution in [-0.2, 0) is 11.2 Å². The Hall–Kier alpha value is -3.10. The van der Waals surface area contributed by atoms with Gasteiger partial charge in [-0.3, -0.25) is 14.9 Å². The number of aromatic nitrogens is 6. The van der Waals surface area contributed by atoms with Crippen molar-refractivity contribution in [1.29, 1.82) is 0 Å².